The van der Waals surface area contributed by atoms with Crippen LogP contribution in [0.15, 0.2) is 12.3 Å². The van der Waals surface area contributed by atoms with E-state index >= 15 is 0 Å². The molecule has 1 atom stereocenters. The predicted octanol–water partition coefficient (Wildman–Crippen LogP) is 2.51. The summed E-state index contributed by atoms with van der Waals surface area (Å²) in [5.41, 5.74) is 0.458. The summed E-state index contributed by atoms with van der Waals surface area (Å²) in [5.74, 6) is 0.889. The van der Waals surface area contributed by atoms with E-state index in [1.165, 1.54) is 12.8 Å². The molecule has 120 valence electrons. The lowest BCUT2D eigenvalue weighted by Crippen LogP contribution is -2.47. The molecule has 5 heteroatoms. The highest BCUT2D eigenvalue weighted by molar-refractivity contribution is 5.75. The van der Waals surface area contributed by atoms with Crippen molar-refractivity contribution in [3.8, 4) is 0 Å². The molecule has 0 spiro atoms. The Bertz CT molecular complexity index is 544. The van der Waals surface area contributed by atoms with E-state index in [2.05, 4.69) is 14.9 Å². The van der Waals surface area contributed by atoms with Gasteiger partial charge < -0.3 is 5.11 Å². The van der Waals surface area contributed by atoms with Crippen LogP contribution in [-0.2, 0) is 17.8 Å². The molecule has 0 radical (unpaired) electrons. The van der Waals surface area contributed by atoms with Gasteiger partial charge in [-0.3, -0.25) is 9.69 Å². The molecule has 5 nitrogen and oxygen atoms in total. The van der Waals surface area contributed by atoms with Gasteiger partial charge in [0.05, 0.1) is 11.1 Å². The largest absolute Gasteiger partial charge is 0.481 e. The summed E-state index contributed by atoms with van der Waals surface area (Å²) in [5, 5.41) is 9.78. The minimum Gasteiger partial charge on any atom is -0.481 e. The number of aliphatic carboxylic acids is 1. The van der Waals surface area contributed by atoms with Crippen molar-refractivity contribution in [2.75, 3.05) is 13.1 Å². The molecule has 0 bridgehead atoms. The average Bonchev–Trinajstić information content (AvgIpc) is 3.31. The third-order valence-electron chi connectivity index (χ3n) is 4.95. The van der Waals surface area contributed by atoms with Crippen molar-refractivity contribution in [1.29, 1.82) is 0 Å². The molecular weight excluding hydrogens is 278 g/mol. The first-order chi connectivity index (χ1) is 10.6. The molecule has 1 saturated heterocycles. The molecule has 22 heavy (non-hydrogen) atoms. The van der Waals surface area contributed by atoms with Gasteiger partial charge in [-0.05, 0) is 37.8 Å². The van der Waals surface area contributed by atoms with E-state index in [9.17, 15) is 9.90 Å². The second-order valence-electron chi connectivity index (χ2n) is 6.86. The first-order valence-corrected chi connectivity index (χ1v) is 8.38. The van der Waals surface area contributed by atoms with Crippen molar-refractivity contribution < 1.29 is 9.90 Å². The van der Waals surface area contributed by atoms with Crippen molar-refractivity contribution in [2.45, 2.75) is 52.0 Å². The number of nitrogens with zero attached hydrogens (tertiary/aromatic N) is 3. The summed E-state index contributed by atoms with van der Waals surface area (Å²) >= 11 is 0. The van der Waals surface area contributed by atoms with Gasteiger partial charge in [0.15, 0.2) is 0 Å². The number of aryl methyl sites for hydroxylation is 1. The Kier molecular flexibility index (Phi) is 4.43. The van der Waals surface area contributed by atoms with E-state index in [0.29, 0.717) is 12.5 Å². The highest BCUT2D eigenvalue weighted by Crippen LogP contribution is 2.45. The second kappa shape index (κ2) is 6.32. The van der Waals surface area contributed by atoms with Crippen LogP contribution in [0.5, 0.6) is 0 Å². The van der Waals surface area contributed by atoms with Gasteiger partial charge in [0.1, 0.15) is 5.82 Å². The number of hydrogen-bond donors (Lipinski definition) is 1. The normalized spacial score (nSPS) is 26.0. The molecule has 0 unspecified atom stereocenters. The summed E-state index contributed by atoms with van der Waals surface area (Å²) in [6.07, 6.45) is 7.68. The van der Waals surface area contributed by atoms with E-state index in [0.717, 1.165) is 50.3 Å². The fourth-order valence-electron chi connectivity index (χ4n) is 3.59. The maximum Gasteiger partial charge on any atom is 0.310 e. The van der Waals surface area contributed by atoms with E-state index < -0.39 is 11.4 Å². The minimum absolute atomic E-state index is 0.542. The van der Waals surface area contributed by atoms with Crippen LogP contribution in [0.1, 0.15) is 50.5 Å². The van der Waals surface area contributed by atoms with Crippen LogP contribution < -0.4 is 0 Å². The van der Waals surface area contributed by atoms with Crippen LogP contribution in [0.4, 0.5) is 0 Å². The SMILES string of the molecule is CCc1nccc(CN2CCC[C@@](CC3CC3)(C(=O)O)C2)n1. The van der Waals surface area contributed by atoms with Crippen molar-refractivity contribution in [1.82, 2.24) is 14.9 Å². The summed E-state index contributed by atoms with van der Waals surface area (Å²) < 4.78 is 0. The van der Waals surface area contributed by atoms with Crippen LogP contribution in [-0.4, -0.2) is 39.0 Å². The number of carboxylic acids is 1. The van der Waals surface area contributed by atoms with E-state index in [1.54, 1.807) is 6.20 Å². The lowest BCUT2D eigenvalue weighted by molar-refractivity contribution is -0.153. The van der Waals surface area contributed by atoms with Gasteiger partial charge in [0.2, 0.25) is 0 Å². The minimum atomic E-state index is -0.610. The fourth-order valence-corrected chi connectivity index (χ4v) is 3.59. The first kappa shape index (κ1) is 15.4. The van der Waals surface area contributed by atoms with Crippen LogP contribution in [0.25, 0.3) is 0 Å². The lowest BCUT2D eigenvalue weighted by Gasteiger charge is -2.40. The highest BCUT2D eigenvalue weighted by atomic mass is 16.4. The quantitative estimate of drug-likeness (QED) is 0.874. The van der Waals surface area contributed by atoms with Crippen molar-refractivity contribution >= 4 is 5.97 Å². The molecule has 1 N–H and O–H groups in total. The maximum absolute atomic E-state index is 11.9. The highest BCUT2D eigenvalue weighted by Gasteiger charge is 2.45. The Morgan fingerprint density at radius 3 is 3.00 bits per heavy atom. The average molecular weight is 303 g/mol. The standard InChI is InChI=1S/C17H25N3O2/c1-2-15-18-8-6-14(19-15)11-20-9-3-7-17(12-20,16(21)22)10-13-4-5-13/h6,8,13H,2-5,7,9-12H2,1H3,(H,21,22)/t17-/m0/s1. The van der Waals surface area contributed by atoms with Crippen LogP contribution in [0.3, 0.4) is 0 Å². The zero-order chi connectivity index (χ0) is 15.6. The van der Waals surface area contributed by atoms with Gasteiger partial charge in [-0.25, -0.2) is 9.97 Å². The molecule has 2 fully saturated rings. The van der Waals surface area contributed by atoms with Gasteiger partial charge in [-0.15, -0.1) is 0 Å². The Morgan fingerprint density at radius 1 is 1.50 bits per heavy atom. The molecule has 3 rings (SSSR count). The lowest BCUT2D eigenvalue weighted by atomic mass is 9.75. The first-order valence-electron chi connectivity index (χ1n) is 8.38. The number of rotatable bonds is 6. The molecular formula is C17H25N3O2. The maximum atomic E-state index is 11.9. The molecule has 1 aliphatic heterocycles. The summed E-state index contributed by atoms with van der Waals surface area (Å²) in [4.78, 5) is 22.9. The van der Waals surface area contributed by atoms with Gasteiger partial charge in [0.25, 0.3) is 0 Å². The number of likely N-dealkylation sites (tertiary alicyclic amines) is 1. The Labute approximate surface area is 131 Å². The Morgan fingerprint density at radius 2 is 2.32 bits per heavy atom. The molecule has 1 aliphatic carbocycles. The smallest absolute Gasteiger partial charge is 0.310 e. The third kappa shape index (κ3) is 3.46. The second-order valence-corrected chi connectivity index (χ2v) is 6.86. The van der Waals surface area contributed by atoms with Crippen LogP contribution >= 0.6 is 0 Å². The Balaban J connectivity index is 1.69. The molecule has 1 aromatic rings. The summed E-state index contributed by atoms with van der Waals surface area (Å²) in [6, 6.07) is 1.94. The summed E-state index contributed by atoms with van der Waals surface area (Å²) in [6.45, 7) is 4.40. The fraction of sp³-hybridized carbons (Fsp3) is 0.706. The summed E-state index contributed by atoms with van der Waals surface area (Å²) in [7, 11) is 0. The van der Waals surface area contributed by atoms with Crippen molar-refractivity contribution in [3.63, 3.8) is 0 Å². The van der Waals surface area contributed by atoms with Gasteiger partial charge in [0, 0.05) is 25.7 Å². The Hall–Kier alpha value is -1.49. The number of aromatic nitrogens is 2. The molecule has 0 aromatic carbocycles. The van der Waals surface area contributed by atoms with Crippen LogP contribution in [0, 0.1) is 11.3 Å². The predicted molar refractivity (Wildman–Crippen MR) is 83.3 cm³/mol. The van der Waals surface area contributed by atoms with Gasteiger partial charge in [-0.1, -0.05) is 19.8 Å². The number of hydrogen-bond acceptors (Lipinski definition) is 4. The van der Waals surface area contributed by atoms with E-state index in [4.69, 9.17) is 0 Å². The molecule has 1 saturated carbocycles. The molecule has 0 amide bonds. The number of carboxylic acid groups (broad SMARTS) is 1. The topological polar surface area (TPSA) is 66.3 Å². The zero-order valence-electron chi connectivity index (χ0n) is 13.3. The zero-order valence-corrected chi connectivity index (χ0v) is 13.3. The van der Waals surface area contributed by atoms with Crippen molar-refractivity contribution in [3.05, 3.63) is 23.8 Å². The van der Waals surface area contributed by atoms with Crippen LogP contribution in [0.2, 0.25) is 0 Å². The third-order valence-corrected chi connectivity index (χ3v) is 4.95. The number of piperidine rings is 1. The molecule has 1 aromatic heterocycles. The molecule has 2 aliphatic rings. The van der Waals surface area contributed by atoms with Gasteiger partial charge >= 0.3 is 5.97 Å². The monoisotopic (exact) mass is 303 g/mol. The molecule has 2 heterocycles. The van der Waals surface area contributed by atoms with Gasteiger partial charge in [-0.2, -0.15) is 0 Å². The van der Waals surface area contributed by atoms with E-state index in [1.807, 2.05) is 13.0 Å². The van der Waals surface area contributed by atoms with Crippen molar-refractivity contribution in [2.24, 2.45) is 11.3 Å². The van der Waals surface area contributed by atoms with E-state index in [-0.39, 0.29) is 0 Å². The number of carbonyl (C=O) groups is 1.